The first-order valence-electron chi connectivity index (χ1n) is 5.43. The Bertz CT molecular complexity index is 773. The van der Waals surface area contributed by atoms with Crippen molar-refractivity contribution in [2.75, 3.05) is 0 Å². The summed E-state index contributed by atoms with van der Waals surface area (Å²) in [7, 11) is 0. The lowest BCUT2D eigenvalue weighted by Crippen LogP contribution is -1.94. The van der Waals surface area contributed by atoms with E-state index >= 15 is 0 Å². The van der Waals surface area contributed by atoms with Crippen LogP contribution in [0.3, 0.4) is 0 Å². The molecule has 6 heteroatoms. The zero-order chi connectivity index (χ0) is 13.2. The number of benzene rings is 1. The zero-order valence-electron chi connectivity index (χ0n) is 9.62. The van der Waals surface area contributed by atoms with Crippen LogP contribution in [0.5, 0.6) is 11.6 Å². The second-order valence-corrected chi connectivity index (χ2v) is 4.58. The quantitative estimate of drug-likeness (QED) is 0.729. The van der Waals surface area contributed by atoms with Crippen LogP contribution in [0.2, 0.25) is 0 Å². The van der Waals surface area contributed by atoms with E-state index in [1.165, 1.54) is 0 Å². The Balaban J connectivity index is 2.00. The van der Waals surface area contributed by atoms with E-state index < -0.39 is 0 Å². The highest BCUT2D eigenvalue weighted by Gasteiger charge is 2.08. The van der Waals surface area contributed by atoms with Crippen molar-refractivity contribution in [1.82, 2.24) is 14.4 Å². The van der Waals surface area contributed by atoms with Crippen LogP contribution in [0, 0.1) is 11.3 Å². The van der Waals surface area contributed by atoms with Crippen molar-refractivity contribution in [3.63, 3.8) is 0 Å². The molecule has 2 heterocycles. The van der Waals surface area contributed by atoms with E-state index in [0.717, 1.165) is 0 Å². The molecule has 19 heavy (non-hydrogen) atoms. The summed E-state index contributed by atoms with van der Waals surface area (Å²) in [6.45, 7) is 0. The van der Waals surface area contributed by atoms with Gasteiger partial charge in [0.15, 0.2) is 0 Å². The monoisotopic (exact) mass is 314 g/mol. The Morgan fingerprint density at radius 3 is 2.79 bits per heavy atom. The van der Waals surface area contributed by atoms with Crippen molar-refractivity contribution in [2.45, 2.75) is 0 Å². The number of nitriles is 1. The van der Waals surface area contributed by atoms with Gasteiger partial charge in [0.25, 0.3) is 5.88 Å². The highest BCUT2D eigenvalue weighted by molar-refractivity contribution is 9.10. The number of halogens is 1. The molecule has 0 unspecified atom stereocenters. The smallest absolute Gasteiger partial charge is 0.264 e. The summed E-state index contributed by atoms with van der Waals surface area (Å²) in [5.41, 5.74) is 1.22. The lowest BCUT2D eigenvalue weighted by molar-refractivity contribution is 0.463. The average molecular weight is 315 g/mol. The Labute approximate surface area is 117 Å². The van der Waals surface area contributed by atoms with Crippen LogP contribution in [-0.4, -0.2) is 14.4 Å². The fraction of sp³-hybridized carbons (Fsp3) is 0. The zero-order valence-corrected chi connectivity index (χ0v) is 11.2. The molecule has 92 valence electrons. The molecule has 0 saturated heterocycles. The van der Waals surface area contributed by atoms with Gasteiger partial charge in [0.1, 0.15) is 10.4 Å². The number of ether oxygens (including phenoxy) is 1. The number of aromatic nitrogens is 3. The fourth-order valence-corrected chi connectivity index (χ4v) is 2.03. The van der Waals surface area contributed by atoms with Gasteiger partial charge in [-0.05, 0) is 40.2 Å². The van der Waals surface area contributed by atoms with Crippen LogP contribution in [0.15, 0.2) is 47.5 Å². The first kappa shape index (κ1) is 11.7. The maximum Gasteiger partial charge on any atom is 0.264 e. The summed E-state index contributed by atoms with van der Waals surface area (Å²) in [4.78, 5) is 8.45. The van der Waals surface area contributed by atoms with Crippen molar-refractivity contribution in [1.29, 1.82) is 5.26 Å². The van der Waals surface area contributed by atoms with E-state index in [9.17, 15) is 0 Å². The molecule has 0 amide bonds. The molecule has 0 aliphatic rings. The summed E-state index contributed by atoms with van der Waals surface area (Å²) in [5, 5.41) is 8.75. The standard InChI is InChI=1S/C13H7BrN4O/c14-11-8-18-6-5-16-12(18)13(17-11)19-10-3-1-9(7-15)2-4-10/h1-6,8H. The molecule has 5 nitrogen and oxygen atoms in total. The number of rotatable bonds is 2. The summed E-state index contributed by atoms with van der Waals surface area (Å²) in [5.74, 6) is 1.01. The Morgan fingerprint density at radius 1 is 1.26 bits per heavy atom. The molecule has 0 N–H and O–H groups in total. The predicted molar refractivity (Wildman–Crippen MR) is 71.9 cm³/mol. The first-order valence-corrected chi connectivity index (χ1v) is 6.23. The summed E-state index contributed by atoms with van der Waals surface area (Å²) in [6, 6.07) is 8.88. The molecule has 0 radical (unpaired) electrons. The third kappa shape index (κ3) is 2.28. The highest BCUT2D eigenvalue weighted by Crippen LogP contribution is 2.25. The SMILES string of the molecule is N#Cc1ccc(Oc2nc(Br)cn3ccnc23)cc1. The molecule has 1 aromatic carbocycles. The summed E-state index contributed by atoms with van der Waals surface area (Å²) >= 11 is 3.32. The van der Waals surface area contributed by atoms with E-state index in [2.05, 4.69) is 32.0 Å². The van der Waals surface area contributed by atoms with Crippen molar-refractivity contribution in [3.05, 3.63) is 53.0 Å². The minimum Gasteiger partial charge on any atom is -0.436 e. The van der Waals surface area contributed by atoms with Gasteiger partial charge in [-0.3, -0.25) is 4.40 Å². The topological polar surface area (TPSA) is 63.2 Å². The van der Waals surface area contributed by atoms with Crippen LogP contribution < -0.4 is 4.74 Å². The van der Waals surface area contributed by atoms with E-state index in [-0.39, 0.29) is 0 Å². The maximum atomic E-state index is 8.75. The lowest BCUT2D eigenvalue weighted by Gasteiger charge is -2.06. The number of imidazole rings is 1. The van der Waals surface area contributed by atoms with E-state index in [4.69, 9.17) is 10.00 Å². The number of fused-ring (bicyclic) bond motifs is 1. The van der Waals surface area contributed by atoms with Gasteiger partial charge in [0.05, 0.1) is 11.6 Å². The van der Waals surface area contributed by atoms with Crippen LogP contribution in [-0.2, 0) is 0 Å². The molecule has 0 aliphatic heterocycles. The minimum absolute atomic E-state index is 0.407. The Hall–Kier alpha value is -2.39. The van der Waals surface area contributed by atoms with Crippen LogP contribution in [0.25, 0.3) is 5.65 Å². The molecule has 3 rings (SSSR count). The van der Waals surface area contributed by atoms with Crippen molar-refractivity contribution < 1.29 is 4.74 Å². The summed E-state index contributed by atoms with van der Waals surface area (Å²) in [6.07, 6.45) is 5.29. The Morgan fingerprint density at radius 2 is 2.05 bits per heavy atom. The van der Waals surface area contributed by atoms with Gasteiger partial charge < -0.3 is 4.74 Å². The molecule has 0 spiro atoms. The number of hydrogen-bond donors (Lipinski definition) is 0. The number of hydrogen-bond acceptors (Lipinski definition) is 4. The van der Waals surface area contributed by atoms with E-state index in [1.807, 2.05) is 10.6 Å². The molecule has 3 aromatic rings. The van der Waals surface area contributed by atoms with Gasteiger partial charge in [-0.2, -0.15) is 5.26 Å². The molecule has 0 aliphatic carbocycles. The third-order valence-corrected chi connectivity index (χ3v) is 2.89. The van der Waals surface area contributed by atoms with Gasteiger partial charge in [0.2, 0.25) is 5.65 Å². The molecule has 2 aromatic heterocycles. The van der Waals surface area contributed by atoms with Crippen molar-refractivity contribution in [2.24, 2.45) is 0 Å². The first-order chi connectivity index (χ1) is 9.26. The molecule has 0 saturated carbocycles. The average Bonchev–Trinajstić information content (AvgIpc) is 2.88. The van der Waals surface area contributed by atoms with Crippen molar-refractivity contribution >= 4 is 21.6 Å². The molecular weight excluding hydrogens is 308 g/mol. The van der Waals surface area contributed by atoms with Crippen molar-refractivity contribution in [3.8, 4) is 17.7 Å². The van der Waals surface area contributed by atoms with Crippen LogP contribution in [0.1, 0.15) is 5.56 Å². The van der Waals surface area contributed by atoms with Gasteiger partial charge in [-0.1, -0.05) is 0 Å². The van der Waals surface area contributed by atoms with Gasteiger partial charge in [-0.15, -0.1) is 0 Å². The van der Waals surface area contributed by atoms with E-state index in [0.29, 0.717) is 27.4 Å². The predicted octanol–water partition coefficient (Wildman–Crippen LogP) is 3.16. The second-order valence-electron chi connectivity index (χ2n) is 3.77. The second kappa shape index (κ2) is 4.71. The minimum atomic E-state index is 0.407. The van der Waals surface area contributed by atoms with Crippen LogP contribution in [0.4, 0.5) is 0 Å². The van der Waals surface area contributed by atoms with Gasteiger partial charge in [0, 0.05) is 18.6 Å². The van der Waals surface area contributed by atoms with E-state index in [1.54, 1.807) is 36.7 Å². The molecule has 0 atom stereocenters. The molecule has 0 fully saturated rings. The fourth-order valence-electron chi connectivity index (χ4n) is 1.65. The lowest BCUT2D eigenvalue weighted by atomic mass is 10.2. The van der Waals surface area contributed by atoms with Gasteiger partial charge in [-0.25, -0.2) is 9.97 Å². The highest BCUT2D eigenvalue weighted by atomic mass is 79.9. The van der Waals surface area contributed by atoms with Crippen LogP contribution >= 0.6 is 15.9 Å². The maximum absolute atomic E-state index is 8.75. The number of nitrogens with zero attached hydrogens (tertiary/aromatic N) is 4. The summed E-state index contributed by atoms with van der Waals surface area (Å²) < 4.78 is 8.17. The molecular formula is C13H7BrN4O. The normalized spacial score (nSPS) is 10.3. The third-order valence-electron chi connectivity index (χ3n) is 2.51. The Kier molecular flexibility index (Phi) is 2.89. The van der Waals surface area contributed by atoms with Gasteiger partial charge >= 0.3 is 0 Å². The molecule has 0 bridgehead atoms. The largest absolute Gasteiger partial charge is 0.436 e.